The van der Waals surface area contributed by atoms with E-state index in [9.17, 15) is 0 Å². The van der Waals surface area contributed by atoms with Gasteiger partial charge in [0.1, 0.15) is 0 Å². The molecule has 2 aliphatic heterocycles. The molecule has 6 heteroatoms. The SMILES string of the molecule is CCNC(=NCCCCN1CCCC1)N1CCC(C)C(n2ccnc2)C1. The Balaban J connectivity index is 1.50. The Kier molecular flexibility index (Phi) is 7.35. The van der Waals surface area contributed by atoms with Crippen molar-refractivity contribution in [1.82, 2.24) is 24.7 Å². The Bertz CT molecular complexity index is 535. The predicted molar refractivity (Wildman–Crippen MR) is 108 cm³/mol. The second-order valence-corrected chi connectivity index (χ2v) is 7.78. The molecule has 3 rings (SSSR count). The number of aromatic nitrogens is 2. The van der Waals surface area contributed by atoms with Crippen LogP contribution in [0.3, 0.4) is 0 Å². The van der Waals surface area contributed by atoms with Gasteiger partial charge in [-0.15, -0.1) is 0 Å². The lowest BCUT2D eigenvalue weighted by Gasteiger charge is -2.39. The minimum Gasteiger partial charge on any atom is -0.357 e. The molecule has 0 saturated carbocycles. The van der Waals surface area contributed by atoms with Crippen LogP contribution in [0.4, 0.5) is 0 Å². The van der Waals surface area contributed by atoms with Crippen molar-refractivity contribution in [1.29, 1.82) is 0 Å². The maximum absolute atomic E-state index is 4.93. The van der Waals surface area contributed by atoms with Crippen molar-refractivity contribution in [2.45, 2.75) is 52.0 Å². The lowest BCUT2D eigenvalue weighted by Crippen LogP contribution is -2.49. The maximum Gasteiger partial charge on any atom is 0.193 e. The van der Waals surface area contributed by atoms with Crippen LogP contribution < -0.4 is 5.32 Å². The molecule has 0 bridgehead atoms. The molecule has 1 N–H and O–H groups in total. The standard InChI is InChI=1S/C20H36N6/c1-3-22-20(23-9-4-5-11-24-12-6-7-13-24)25-14-8-18(2)19(16-25)26-15-10-21-17-26/h10,15,17-19H,3-9,11-14,16H2,1-2H3,(H,22,23). The highest BCUT2D eigenvalue weighted by molar-refractivity contribution is 5.80. The molecule has 2 unspecified atom stereocenters. The number of hydrogen-bond acceptors (Lipinski definition) is 3. The minimum atomic E-state index is 0.477. The molecule has 2 fully saturated rings. The first kappa shape index (κ1) is 19.2. The van der Waals surface area contributed by atoms with Crippen molar-refractivity contribution >= 4 is 5.96 Å². The summed E-state index contributed by atoms with van der Waals surface area (Å²) in [6.45, 7) is 12.3. The zero-order valence-corrected chi connectivity index (χ0v) is 16.6. The molecule has 2 saturated heterocycles. The lowest BCUT2D eigenvalue weighted by molar-refractivity contribution is 0.189. The number of imidazole rings is 1. The van der Waals surface area contributed by atoms with Crippen LogP contribution >= 0.6 is 0 Å². The van der Waals surface area contributed by atoms with Crippen molar-refractivity contribution in [3.8, 4) is 0 Å². The summed E-state index contributed by atoms with van der Waals surface area (Å²) in [4.78, 5) is 14.2. The van der Waals surface area contributed by atoms with Gasteiger partial charge in [0.2, 0.25) is 0 Å². The molecule has 0 amide bonds. The van der Waals surface area contributed by atoms with Crippen LogP contribution in [0.1, 0.15) is 52.0 Å². The second kappa shape index (κ2) is 9.95. The van der Waals surface area contributed by atoms with Gasteiger partial charge in [-0.1, -0.05) is 6.92 Å². The molecule has 0 radical (unpaired) electrons. The van der Waals surface area contributed by atoms with Crippen molar-refractivity contribution in [3.63, 3.8) is 0 Å². The van der Waals surface area contributed by atoms with Crippen molar-refractivity contribution < 1.29 is 0 Å². The van der Waals surface area contributed by atoms with E-state index in [0.29, 0.717) is 12.0 Å². The van der Waals surface area contributed by atoms with Gasteiger partial charge in [-0.25, -0.2) is 4.98 Å². The summed E-state index contributed by atoms with van der Waals surface area (Å²) in [6.07, 6.45) is 12.3. The van der Waals surface area contributed by atoms with E-state index < -0.39 is 0 Å². The fraction of sp³-hybridized carbons (Fsp3) is 0.800. The van der Waals surface area contributed by atoms with Crippen molar-refractivity contribution in [3.05, 3.63) is 18.7 Å². The summed E-state index contributed by atoms with van der Waals surface area (Å²) in [5.41, 5.74) is 0. The molecular weight excluding hydrogens is 324 g/mol. The summed E-state index contributed by atoms with van der Waals surface area (Å²) in [7, 11) is 0. The molecule has 0 spiro atoms. The van der Waals surface area contributed by atoms with Gasteiger partial charge in [-0.05, 0) is 64.6 Å². The van der Waals surface area contributed by atoms with Crippen LogP contribution in [0.15, 0.2) is 23.7 Å². The van der Waals surface area contributed by atoms with Crippen LogP contribution in [0.2, 0.25) is 0 Å². The first-order valence-corrected chi connectivity index (χ1v) is 10.5. The summed E-state index contributed by atoms with van der Waals surface area (Å²) in [5, 5.41) is 3.51. The summed E-state index contributed by atoms with van der Waals surface area (Å²) in [5.74, 6) is 1.76. The molecule has 3 heterocycles. The maximum atomic E-state index is 4.93. The monoisotopic (exact) mass is 360 g/mol. The Hall–Kier alpha value is -1.56. The van der Waals surface area contributed by atoms with E-state index in [2.05, 4.69) is 44.7 Å². The molecule has 1 aromatic rings. The van der Waals surface area contributed by atoms with E-state index in [-0.39, 0.29) is 0 Å². The van der Waals surface area contributed by atoms with E-state index in [1.165, 1.54) is 51.7 Å². The van der Waals surface area contributed by atoms with Gasteiger partial charge in [0, 0.05) is 38.6 Å². The third kappa shape index (κ3) is 5.22. The highest BCUT2D eigenvalue weighted by Crippen LogP contribution is 2.27. The number of nitrogens with zero attached hydrogens (tertiary/aromatic N) is 5. The van der Waals surface area contributed by atoms with Crippen LogP contribution in [0.5, 0.6) is 0 Å². The molecule has 26 heavy (non-hydrogen) atoms. The number of hydrogen-bond donors (Lipinski definition) is 1. The highest BCUT2D eigenvalue weighted by Gasteiger charge is 2.28. The Labute approximate surface area is 158 Å². The number of unbranched alkanes of at least 4 members (excludes halogenated alkanes) is 1. The molecule has 0 aromatic carbocycles. The van der Waals surface area contributed by atoms with Crippen molar-refractivity contribution in [2.75, 3.05) is 45.8 Å². The zero-order valence-electron chi connectivity index (χ0n) is 16.6. The van der Waals surface area contributed by atoms with Crippen LogP contribution in [0.25, 0.3) is 0 Å². The molecule has 6 nitrogen and oxygen atoms in total. The van der Waals surface area contributed by atoms with Gasteiger partial charge in [-0.2, -0.15) is 0 Å². The topological polar surface area (TPSA) is 48.7 Å². The predicted octanol–water partition coefficient (Wildman–Crippen LogP) is 2.61. The fourth-order valence-electron chi connectivity index (χ4n) is 4.16. The summed E-state index contributed by atoms with van der Waals surface area (Å²) < 4.78 is 2.26. The van der Waals surface area contributed by atoms with Gasteiger partial charge in [0.15, 0.2) is 5.96 Å². The largest absolute Gasteiger partial charge is 0.357 e. The Morgan fingerprint density at radius 3 is 2.81 bits per heavy atom. The average Bonchev–Trinajstić information content (AvgIpc) is 3.35. The molecule has 2 aliphatic rings. The van der Waals surface area contributed by atoms with E-state index in [4.69, 9.17) is 4.99 Å². The molecular formula is C20H36N6. The van der Waals surface area contributed by atoms with E-state index >= 15 is 0 Å². The number of rotatable bonds is 7. The number of aliphatic imine (C=N–C) groups is 1. The van der Waals surface area contributed by atoms with Crippen LogP contribution in [-0.2, 0) is 0 Å². The van der Waals surface area contributed by atoms with Gasteiger partial charge in [0.25, 0.3) is 0 Å². The fourth-order valence-corrected chi connectivity index (χ4v) is 4.16. The second-order valence-electron chi connectivity index (χ2n) is 7.78. The van der Waals surface area contributed by atoms with Crippen LogP contribution in [0, 0.1) is 5.92 Å². The first-order valence-electron chi connectivity index (χ1n) is 10.5. The Morgan fingerprint density at radius 1 is 1.23 bits per heavy atom. The third-order valence-corrected chi connectivity index (χ3v) is 5.80. The molecule has 2 atom stereocenters. The number of likely N-dealkylation sites (tertiary alicyclic amines) is 2. The number of guanidine groups is 1. The number of piperidine rings is 1. The summed E-state index contributed by atoms with van der Waals surface area (Å²) >= 11 is 0. The first-order chi connectivity index (χ1) is 12.8. The lowest BCUT2D eigenvalue weighted by atomic mass is 9.93. The zero-order chi connectivity index (χ0) is 18.2. The summed E-state index contributed by atoms with van der Waals surface area (Å²) in [6, 6.07) is 0.477. The van der Waals surface area contributed by atoms with Gasteiger partial charge < -0.3 is 19.7 Å². The quantitative estimate of drug-likeness (QED) is 0.461. The minimum absolute atomic E-state index is 0.477. The van der Waals surface area contributed by atoms with Gasteiger partial charge in [0.05, 0.1) is 12.4 Å². The molecule has 0 aliphatic carbocycles. The van der Waals surface area contributed by atoms with E-state index in [1.54, 1.807) is 0 Å². The smallest absolute Gasteiger partial charge is 0.193 e. The van der Waals surface area contributed by atoms with Gasteiger partial charge >= 0.3 is 0 Å². The highest BCUT2D eigenvalue weighted by atomic mass is 15.3. The third-order valence-electron chi connectivity index (χ3n) is 5.80. The normalized spacial score (nSPS) is 25.0. The average molecular weight is 361 g/mol. The molecule has 1 aromatic heterocycles. The van der Waals surface area contributed by atoms with E-state index in [1.807, 2.05) is 12.5 Å². The van der Waals surface area contributed by atoms with Crippen molar-refractivity contribution in [2.24, 2.45) is 10.9 Å². The Morgan fingerprint density at radius 2 is 2.08 bits per heavy atom. The van der Waals surface area contributed by atoms with Crippen LogP contribution in [-0.4, -0.2) is 71.1 Å². The van der Waals surface area contributed by atoms with Gasteiger partial charge in [-0.3, -0.25) is 4.99 Å². The number of nitrogens with one attached hydrogen (secondary N) is 1. The van der Waals surface area contributed by atoms with E-state index in [0.717, 1.165) is 32.1 Å². The molecule has 146 valence electrons.